The normalized spacial score (nSPS) is 12.4. The molecule has 0 rings (SSSR count). The number of allylic oxidation sites excluding steroid dienone is 1. The van der Waals surface area contributed by atoms with Crippen molar-refractivity contribution in [3.63, 3.8) is 0 Å². The molecular formula is C85H167NO5. The van der Waals surface area contributed by atoms with Crippen LogP contribution >= 0.6 is 0 Å². The minimum absolute atomic E-state index is 0.0262. The van der Waals surface area contributed by atoms with Crippen LogP contribution in [0.5, 0.6) is 0 Å². The van der Waals surface area contributed by atoms with E-state index >= 15 is 0 Å². The summed E-state index contributed by atoms with van der Waals surface area (Å²) in [7, 11) is 0. The maximum Gasteiger partial charge on any atom is 0.305 e. The highest BCUT2D eigenvalue weighted by molar-refractivity contribution is 5.76. The fourth-order valence-electron chi connectivity index (χ4n) is 13.9. The van der Waals surface area contributed by atoms with E-state index in [1.807, 2.05) is 6.08 Å². The molecule has 0 aliphatic rings. The first-order chi connectivity index (χ1) is 45.0. The number of esters is 1. The highest BCUT2D eigenvalue weighted by Gasteiger charge is 2.18. The van der Waals surface area contributed by atoms with Crippen LogP contribution in [0.1, 0.15) is 495 Å². The van der Waals surface area contributed by atoms with Gasteiger partial charge < -0.3 is 20.3 Å². The molecule has 0 fully saturated rings. The van der Waals surface area contributed by atoms with Gasteiger partial charge in [-0.2, -0.15) is 0 Å². The van der Waals surface area contributed by atoms with E-state index in [4.69, 9.17) is 4.74 Å². The molecular weight excluding hydrogens is 1110 g/mol. The zero-order chi connectivity index (χ0) is 65.6. The first-order valence-electron chi connectivity index (χ1n) is 42.5. The van der Waals surface area contributed by atoms with Crippen LogP contribution in [0.2, 0.25) is 0 Å². The largest absolute Gasteiger partial charge is 0.466 e. The van der Waals surface area contributed by atoms with Crippen LogP contribution < -0.4 is 5.32 Å². The number of rotatable bonds is 81. The second kappa shape index (κ2) is 81.0. The SMILES string of the molecule is CCCCCCCCCCCCCCCCCCCCCCCCC/C=C/C(O)C(CO)NC(=O)CCCCCCCCCCCCCCCCCCCCCCCCCCCCCCCCOC(=O)CCCCCCCCCCCCCCCCCCCCC. The molecule has 0 aromatic heterocycles. The van der Waals surface area contributed by atoms with Gasteiger partial charge in [0.25, 0.3) is 0 Å². The van der Waals surface area contributed by atoms with Gasteiger partial charge in [0.1, 0.15) is 0 Å². The Morgan fingerprint density at radius 3 is 0.747 bits per heavy atom. The zero-order valence-corrected chi connectivity index (χ0v) is 62.4. The summed E-state index contributed by atoms with van der Waals surface area (Å²) in [6.45, 7) is 4.98. The maximum atomic E-state index is 12.6. The van der Waals surface area contributed by atoms with E-state index in [9.17, 15) is 19.8 Å². The quantitative estimate of drug-likeness (QED) is 0.0320. The fraction of sp³-hybridized carbons (Fsp3) is 0.953. The second-order valence-electron chi connectivity index (χ2n) is 29.5. The van der Waals surface area contributed by atoms with E-state index in [1.54, 1.807) is 6.08 Å². The Morgan fingerprint density at radius 1 is 0.297 bits per heavy atom. The van der Waals surface area contributed by atoms with Crippen molar-refractivity contribution in [2.24, 2.45) is 0 Å². The number of nitrogens with one attached hydrogen (secondary N) is 1. The third kappa shape index (κ3) is 77.5. The van der Waals surface area contributed by atoms with Crippen molar-refractivity contribution in [1.82, 2.24) is 5.32 Å². The Kier molecular flexibility index (Phi) is 79.8. The minimum Gasteiger partial charge on any atom is -0.466 e. The van der Waals surface area contributed by atoms with Crippen molar-refractivity contribution < 1.29 is 24.5 Å². The van der Waals surface area contributed by atoms with Crippen molar-refractivity contribution in [2.75, 3.05) is 13.2 Å². The molecule has 1 amide bonds. The number of aliphatic hydroxyl groups excluding tert-OH is 2. The van der Waals surface area contributed by atoms with E-state index in [1.165, 1.54) is 430 Å². The molecule has 6 nitrogen and oxygen atoms in total. The molecule has 0 saturated heterocycles. The van der Waals surface area contributed by atoms with Gasteiger partial charge in [-0.1, -0.05) is 463 Å². The van der Waals surface area contributed by atoms with Crippen molar-refractivity contribution in [1.29, 1.82) is 0 Å². The minimum atomic E-state index is -0.843. The molecule has 2 unspecified atom stereocenters. The third-order valence-electron chi connectivity index (χ3n) is 20.3. The molecule has 3 N–H and O–H groups in total. The van der Waals surface area contributed by atoms with Gasteiger partial charge in [0, 0.05) is 12.8 Å². The molecule has 0 aliphatic heterocycles. The molecule has 0 radical (unpaired) electrons. The van der Waals surface area contributed by atoms with Crippen LogP contribution in [-0.2, 0) is 14.3 Å². The number of carbonyl (C=O) groups is 2. The lowest BCUT2D eigenvalue weighted by Gasteiger charge is -2.20. The molecule has 0 heterocycles. The average Bonchev–Trinajstić information content (AvgIpc) is 3.73. The van der Waals surface area contributed by atoms with Crippen LogP contribution in [0, 0.1) is 0 Å². The van der Waals surface area contributed by atoms with Crippen molar-refractivity contribution in [3.05, 3.63) is 12.2 Å². The average molecular weight is 1280 g/mol. The smallest absolute Gasteiger partial charge is 0.305 e. The van der Waals surface area contributed by atoms with Gasteiger partial charge in [-0.3, -0.25) is 9.59 Å². The molecule has 91 heavy (non-hydrogen) atoms. The molecule has 6 heteroatoms. The van der Waals surface area contributed by atoms with Crippen LogP contribution in [0.4, 0.5) is 0 Å². The maximum absolute atomic E-state index is 12.6. The van der Waals surface area contributed by atoms with Crippen LogP contribution in [0.25, 0.3) is 0 Å². The Morgan fingerprint density at radius 2 is 0.505 bits per heavy atom. The number of amides is 1. The number of carbonyl (C=O) groups excluding carboxylic acids is 2. The van der Waals surface area contributed by atoms with Crippen molar-refractivity contribution in [2.45, 2.75) is 508 Å². The van der Waals surface area contributed by atoms with Crippen molar-refractivity contribution in [3.8, 4) is 0 Å². The molecule has 542 valence electrons. The van der Waals surface area contributed by atoms with E-state index in [0.717, 1.165) is 38.5 Å². The molecule has 0 aliphatic carbocycles. The Hall–Kier alpha value is -1.40. The Bertz CT molecular complexity index is 1380. The van der Waals surface area contributed by atoms with E-state index < -0.39 is 12.1 Å². The molecule has 0 bridgehead atoms. The topological polar surface area (TPSA) is 95.9 Å². The summed E-state index contributed by atoms with van der Waals surface area (Å²) in [6.07, 6.45) is 104. The van der Waals surface area contributed by atoms with Gasteiger partial charge in [0.15, 0.2) is 0 Å². The summed E-state index contributed by atoms with van der Waals surface area (Å²) in [4.78, 5) is 24.7. The highest BCUT2D eigenvalue weighted by Crippen LogP contribution is 2.21. The lowest BCUT2D eigenvalue weighted by atomic mass is 10.0. The van der Waals surface area contributed by atoms with Crippen LogP contribution in [0.15, 0.2) is 12.2 Å². The summed E-state index contributed by atoms with van der Waals surface area (Å²) >= 11 is 0. The first-order valence-corrected chi connectivity index (χ1v) is 42.5. The molecule has 2 atom stereocenters. The molecule has 0 aromatic rings. The van der Waals surface area contributed by atoms with Crippen LogP contribution in [0.3, 0.4) is 0 Å². The predicted octanol–water partition coefficient (Wildman–Crippen LogP) is 28.2. The van der Waals surface area contributed by atoms with Gasteiger partial charge >= 0.3 is 5.97 Å². The van der Waals surface area contributed by atoms with E-state index in [0.29, 0.717) is 19.4 Å². The van der Waals surface area contributed by atoms with E-state index in [-0.39, 0.29) is 18.5 Å². The van der Waals surface area contributed by atoms with Gasteiger partial charge in [-0.25, -0.2) is 0 Å². The third-order valence-corrected chi connectivity index (χ3v) is 20.3. The summed E-state index contributed by atoms with van der Waals surface area (Å²) in [5.41, 5.74) is 0. The Labute approximate surface area is 571 Å². The number of hydrogen-bond acceptors (Lipinski definition) is 5. The Balaban J connectivity index is 3.34. The summed E-state index contributed by atoms with van der Waals surface area (Å²) in [5, 5.41) is 23.3. The number of aliphatic hydroxyl groups is 2. The zero-order valence-electron chi connectivity index (χ0n) is 62.4. The van der Waals surface area contributed by atoms with Gasteiger partial charge in [-0.15, -0.1) is 0 Å². The van der Waals surface area contributed by atoms with Crippen LogP contribution in [-0.4, -0.2) is 47.4 Å². The first kappa shape index (κ1) is 89.6. The molecule has 0 saturated carbocycles. The van der Waals surface area contributed by atoms with Gasteiger partial charge in [0.2, 0.25) is 5.91 Å². The van der Waals surface area contributed by atoms with E-state index in [2.05, 4.69) is 19.2 Å². The number of hydrogen-bond donors (Lipinski definition) is 3. The van der Waals surface area contributed by atoms with Gasteiger partial charge in [0.05, 0.1) is 25.4 Å². The molecule has 0 aromatic carbocycles. The lowest BCUT2D eigenvalue weighted by molar-refractivity contribution is -0.143. The highest BCUT2D eigenvalue weighted by atomic mass is 16.5. The van der Waals surface area contributed by atoms with Gasteiger partial charge in [-0.05, 0) is 32.1 Å². The standard InChI is InChI=1S/C85H167NO5/c1-3-5-7-9-11-13-15-17-19-21-23-24-25-32-35-38-42-45-49-53-57-61-65-69-73-77-83(88)82(81-87)86-84(89)78-74-70-66-62-58-54-50-46-43-39-36-33-30-28-26-27-29-31-34-37-40-44-48-52-56-60-64-68-72-76-80-91-85(90)79-75-71-67-63-59-55-51-47-41-22-20-18-16-14-12-10-8-6-4-2/h73,77,82-83,87-88H,3-72,74-76,78-81H2,1-2H3,(H,86,89)/b77-73+. The fourth-order valence-corrected chi connectivity index (χ4v) is 13.9. The lowest BCUT2D eigenvalue weighted by Crippen LogP contribution is -2.45. The second-order valence-corrected chi connectivity index (χ2v) is 29.5. The molecule has 0 spiro atoms. The predicted molar refractivity (Wildman–Crippen MR) is 403 cm³/mol. The summed E-state index contributed by atoms with van der Waals surface area (Å²) < 4.78 is 5.53. The summed E-state index contributed by atoms with van der Waals surface area (Å²) in [5.74, 6) is -0.0316. The number of unbranched alkanes of at least 4 members (excludes halogenated alkanes) is 70. The van der Waals surface area contributed by atoms with Crippen molar-refractivity contribution >= 4 is 11.9 Å². The number of ether oxygens (including phenoxy) is 1. The summed E-state index contributed by atoms with van der Waals surface area (Å²) in [6, 6.07) is -0.626. The monoisotopic (exact) mass is 1280 g/mol.